The van der Waals surface area contributed by atoms with Crippen molar-refractivity contribution in [1.29, 1.82) is 0 Å². The largest absolute Gasteiger partial charge is 0.367 e. The van der Waals surface area contributed by atoms with Crippen molar-refractivity contribution in [2.45, 2.75) is 38.1 Å². The van der Waals surface area contributed by atoms with Crippen LogP contribution >= 0.6 is 0 Å². The summed E-state index contributed by atoms with van der Waals surface area (Å²) in [6.07, 6.45) is 14.4. The normalized spacial score (nSPS) is 18.7. The van der Waals surface area contributed by atoms with Gasteiger partial charge in [-0.2, -0.15) is 5.10 Å². The minimum Gasteiger partial charge on any atom is -0.367 e. The molecular weight excluding hydrogens is 402 g/mol. The van der Waals surface area contributed by atoms with Gasteiger partial charge in [0.05, 0.1) is 17.4 Å². The zero-order chi connectivity index (χ0) is 21.9. The molecule has 0 radical (unpaired) electrons. The molecule has 1 aliphatic heterocycles. The number of aromatic nitrogens is 6. The third-order valence-electron chi connectivity index (χ3n) is 6.59. The maximum atomic E-state index is 5.56. The SMILES string of the molecule is CN1CCN(C2CCCCC2)CC1.Nc1ncc2c(-c3ccc4nccn4n3)ccn2n1. The third kappa shape index (κ3) is 4.44. The van der Waals surface area contributed by atoms with E-state index in [-0.39, 0.29) is 5.95 Å². The van der Waals surface area contributed by atoms with Gasteiger partial charge in [-0.05, 0) is 38.1 Å². The molecule has 168 valence electrons. The molecule has 32 heavy (non-hydrogen) atoms. The summed E-state index contributed by atoms with van der Waals surface area (Å²) in [5, 5.41) is 8.61. The van der Waals surface area contributed by atoms with E-state index in [9.17, 15) is 0 Å². The Morgan fingerprint density at radius 2 is 1.69 bits per heavy atom. The first-order chi connectivity index (χ1) is 15.7. The molecule has 1 saturated carbocycles. The Bertz CT molecular complexity index is 1170. The lowest BCUT2D eigenvalue weighted by Gasteiger charge is -2.39. The Hall–Kier alpha value is -3.04. The number of piperazine rings is 1. The fourth-order valence-corrected chi connectivity index (χ4v) is 4.72. The standard InChI is InChI=1S/C12H9N7.C11H22N2/c13-12-15-7-10-8(3-5-18(10)17-12)9-1-2-11-14-4-6-19(11)16-9;1-12-7-9-13(10-8-12)11-5-3-2-4-6-11/h1-7H,(H2,13,17);11H,2-10H2,1H3. The van der Waals surface area contributed by atoms with Crippen molar-refractivity contribution in [2.24, 2.45) is 0 Å². The lowest BCUT2D eigenvalue weighted by molar-refractivity contribution is 0.0913. The van der Waals surface area contributed by atoms with Gasteiger partial charge in [0.2, 0.25) is 5.95 Å². The number of likely N-dealkylation sites (N-methyl/N-ethyl adjacent to an activating group) is 1. The average molecular weight is 434 g/mol. The second-order valence-corrected chi connectivity index (χ2v) is 8.76. The minimum absolute atomic E-state index is 0.243. The molecule has 4 aromatic rings. The molecule has 0 amide bonds. The first-order valence-electron chi connectivity index (χ1n) is 11.5. The van der Waals surface area contributed by atoms with E-state index in [1.54, 1.807) is 21.4 Å². The topological polar surface area (TPSA) is 92.9 Å². The maximum absolute atomic E-state index is 5.56. The Kier molecular flexibility index (Phi) is 6.00. The van der Waals surface area contributed by atoms with Gasteiger partial charge in [0.1, 0.15) is 0 Å². The summed E-state index contributed by atoms with van der Waals surface area (Å²) < 4.78 is 3.43. The number of imidazole rings is 1. The highest BCUT2D eigenvalue weighted by molar-refractivity contribution is 5.78. The highest BCUT2D eigenvalue weighted by atomic mass is 15.3. The van der Waals surface area contributed by atoms with Crippen LogP contribution in [0, 0.1) is 0 Å². The van der Waals surface area contributed by atoms with Crippen molar-refractivity contribution < 1.29 is 0 Å². The van der Waals surface area contributed by atoms with Crippen LogP contribution in [0.15, 0.2) is 43.0 Å². The number of anilines is 1. The highest BCUT2D eigenvalue weighted by Gasteiger charge is 2.23. The molecule has 9 nitrogen and oxygen atoms in total. The first-order valence-corrected chi connectivity index (χ1v) is 11.5. The van der Waals surface area contributed by atoms with E-state index in [1.165, 1.54) is 58.3 Å². The molecule has 9 heteroatoms. The first kappa shape index (κ1) is 20.8. The zero-order valence-corrected chi connectivity index (χ0v) is 18.6. The van der Waals surface area contributed by atoms with Gasteiger partial charge >= 0.3 is 0 Å². The van der Waals surface area contributed by atoms with Gasteiger partial charge in [0, 0.05) is 56.4 Å². The van der Waals surface area contributed by atoms with E-state index >= 15 is 0 Å². The number of nitrogens with two attached hydrogens (primary N) is 1. The Labute approximate surface area is 187 Å². The van der Waals surface area contributed by atoms with Crippen LogP contribution < -0.4 is 5.73 Å². The van der Waals surface area contributed by atoms with E-state index in [0.29, 0.717) is 0 Å². The average Bonchev–Trinajstić information content (AvgIpc) is 3.46. The Balaban J connectivity index is 0.000000146. The molecule has 2 N–H and O–H groups in total. The number of nitrogens with zero attached hydrogens (tertiary/aromatic N) is 8. The van der Waals surface area contributed by atoms with Crippen molar-refractivity contribution in [3.05, 3.63) is 43.0 Å². The molecule has 1 saturated heterocycles. The van der Waals surface area contributed by atoms with Gasteiger partial charge in [0.25, 0.3) is 0 Å². The van der Waals surface area contributed by atoms with Crippen LogP contribution in [0.3, 0.4) is 0 Å². The summed E-state index contributed by atoms with van der Waals surface area (Å²) in [5.74, 6) is 0.243. The van der Waals surface area contributed by atoms with Crippen molar-refractivity contribution >= 4 is 17.1 Å². The summed E-state index contributed by atoms with van der Waals surface area (Å²) in [5.41, 5.74) is 9.03. The number of nitrogen functional groups attached to an aromatic ring is 1. The van der Waals surface area contributed by atoms with Crippen molar-refractivity contribution in [3.8, 4) is 11.3 Å². The van der Waals surface area contributed by atoms with E-state index < -0.39 is 0 Å². The van der Waals surface area contributed by atoms with Gasteiger partial charge in [-0.1, -0.05) is 19.3 Å². The van der Waals surface area contributed by atoms with E-state index in [4.69, 9.17) is 5.73 Å². The molecular formula is C23H31N9. The smallest absolute Gasteiger partial charge is 0.238 e. The summed E-state index contributed by atoms with van der Waals surface area (Å²) in [7, 11) is 2.23. The summed E-state index contributed by atoms with van der Waals surface area (Å²) in [6.45, 7) is 5.16. The summed E-state index contributed by atoms with van der Waals surface area (Å²) in [4.78, 5) is 13.4. The van der Waals surface area contributed by atoms with Gasteiger partial charge in [-0.3, -0.25) is 4.90 Å². The van der Waals surface area contributed by atoms with Crippen LogP contribution in [-0.2, 0) is 0 Å². The molecule has 4 aromatic heterocycles. The number of rotatable bonds is 2. The number of fused-ring (bicyclic) bond motifs is 2. The third-order valence-corrected chi connectivity index (χ3v) is 6.59. The van der Waals surface area contributed by atoms with Crippen LogP contribution in [-0.4, -0.2) is 78.3 Å². The Morgan fingerprint density at radius 3 is 2.50 bits per heavy atom. The molecule has 0 spiro atoms. The summed E-state index contributed by atoms with van der Waals surface area (Å²) in [6, 6.07) is 6.72. The van der Waals surface area contributed by atoms with Gasteiger partial charge < -0.3 is 10.6 Å². The van der Waals surface area contributed by atoms with E-state index in [1.807, 2.05) is 30.6 Å². The molecule has 6 rings (SSSR count). The van der Waals surface area contributed by atoms with Crippen LogP contribution in [0.25, 0.3) is 22.4 Å². The van der Waals surface area contributed by atoms with Crippen LogP contribution in [0.5, 0.6) is 0 Å². The lowest BCUT2D eigenvalue weighted by atomic mass is 9.94. The predicted molar refractivity (Wildman–Crippen MR) is 125 cm³/mol. The number of hydrogen-bond acceptors (Lipinski definition) is 7. The quantitative estimate of drug-likeness (QED) is 0.519. The monoisotopic (exact) mass is 433 g/mol. The van der Waals surface area contributed by atoms with Crippen LogP contribution in [0.2, 0.25) is 0 Å². The maximum Gasteiger partial charge on any atom is 0.238 e. The van der Waals surface area contributed by atoms with E-state index in [0.717, 1.165) is 28.5 Å². The fraction of sp³-hybridized carbons (Fsp3) is 0.478. The Morgan fingerprint density at radius 1 is 0.875 bits per heavy atom. The fourth-order valence-electron chi connectivity index (χ4n) is 4.72. The highest BCUT2D eigenvalue weighted by Crippen LogP contribution is 2.24. The molecule has 2 aliphatic rings. The minimum atomic E-state index is 0.243. The molecule has 0 unspecified atom stereocenters. The molecule has 5 heterocycles. The summed E-state index contributed by atoms with van der Waals surface area (Å²) >= 11 is 0. The van der Waals surface area contributed by atoms with Crippen molar-refractivity contribution in [3.63, 3.8) is 0 Å². The molecule has 2 fully saturated rings. The molecule has 1 aliphatic carbocycles. The zero-order valence-electron chi connectivity index (χ0n) is 18.6. The number of hydrogen-bond donors (Lipinski definition) is 1. The lowest BCUT2D eigenvalue weighted by Crippen LogP contribution is -2.49. The molecule has 0 bridgehead atoms. The van der Waals surface area contributed by atoms with Crippen molar-refractivity contribution in [1.82, 2.24) is 39.0 Å². The van der Waals surface area contributed by atoms with E-state index in [2.05, 4.69) is 37.0 Å². The van der Waals surface area contributed by atoms with Crippen LogP contribution in [0.4, 0.5) is 5.95 Å². The second kappa shape index (κ2) is 9.22. The predicted octanol–water partition coefficient (Wildman–Crippen LogP) is 2.59. The van der Waals surface area contributed by atoms with Crippen LogP contribution in [0.1, 0.15) is 32.1 Å². The van der Waals surface area contributed by atoms with Gasteiger partial charge in [-0.15, -0.1) is 5.10 Å². The second-order valence-electron chi connectivity index (χ2n) is 8.76. The van der Waals surface area contributed by atoms with Crippen molar-refractivity contribution in [2.75, 3.05) is 39.0 Å². The molecule has 0 aromatic carbocycles. The van der Waals surface area contributed by atoms with Gasteiger partial charge in [-0.25, -0.2) is 19.0 Å². The molecule has 0 atom stereocenters. The van der Waals surface area contributed by atoms with Gasteiger partial charge in [0.15, 0.2) is 5.65 Å².